The van der Waals surface area contributed by atoms with Crippen LogP contribution in [0.15, 0.2) is 17.0 Å². The molecular weight excluding hydrogens is 283 g/mol. The first-order valence-corrected chi connectivity index (χ1v) is 7.68. The maximum absolute atomic E-state index is 13.7. The monoisotopic (exact) mass is 304 g/mol. The van der Waals surface area contributed by atoms with Crippen molar-refractivity contribution >= 4 is 15.7 Å². The largest absolute Gasteiger partial charge is 0.492 e. The van der Waals surface area contributed by atoms with Crippen LogP contribution in [0, 0.1) is 11.2 Å². The van der Waals surface area contributed by atoms with Crippen molar-refractivity contribution in [2.24, 2.45) is 5.41 Å². The zero-order valence-corrected chi connectivity index (χ0v) is 13.0. The molecule has 20 heavy (non-hydrogen) atoms. The Morgan fingerprint density at radius 2 is 1.95 bits per heavy atom. The highest BCUT2D eigenvalue weighted by molar-refractivity contribution is 7.89. The lowest BCUT2D eigenvalue weighted by molar-refractivity contribution is 0.378. The predicted octanol–water partition coefficient (Wildman–Crippen LogP) is 2.13. The third-order valence-corrected chi connectivity index (χ3v) is 4.17. The highest BCUT2D eigenvalue weighted by atomic mass is 32.2. The van der Waals surface area contributed by atoms with Gasteiger partial charge in [-0.3, -0.25) is 0 Å². The molecule has 5 nitrogen and oxygen atoms in total. The summed E-state index contributed by atoms with van der Waals surface area (Å²) in [5.41, 5.74) is 5.52. The van der Waals surface area contributed by atoms with Crippen molar-refractivity contribution in [2.45, 2.75) is 32.1 Å². The summed E-state index contributed by atoms with van der Waals surface area (Å²) in [7, 11) is -2.51. The first-order valence-electron chi connectivity index (χ1n) is 6.19. The van der Waals surface area contributed by atoms with Crippen molar-refractivity contribution in [3.63, 3.8) is 0 Å². The van der Waals surface area contributed by atoms with Crippen molar-refractivity contribution in [1.82, 2.24) is 4.72 Å². The standard InChI is InChI=1S/C13H21FN2O3S/c1-13(2,3)5-6-16-20(17,18)9-7-10(14)12(19-4)11(15)8-9/h7-8,16H,5-6,15H2,1-4H3. The Kier molecular flexibility index (Phi) is 4.99. The maximum Gasteiger partial charge on any atom is 0.240 e. The highest BCUT2D eigenvalue weighted by Crippen LogP contribution is 2.28. The van der Waals surface area contributed by atoms with Crippen molar-refractivity contribution in [3.8, 4) is 5.75 Å². The Labute approximate surface area is 119 Å². The summed E-state index contributed by atoms with van der Waals surface area (Å²) in [5.74, 6) is -0.956. The molecule has 0 amide bonds. The number of sulfonamides is 1. The lowest BCUT2D eigenvalue weighted by Crippen LogP contribution is -2.27. The van der Waals surface area contributed by atoms with E-state index in [0.29, 0.717) is 6.42 Å². The second-order valence-corrected chi connectivity index (χ2v) is 7.50. The van der Waals surface area contributed by atoms with Gasteiger partial charge < -0.3 is 10.5 Å². The molecule has 0 heterocycles. The Morgan fingerprint density at radius 3 is 2.40 bits per heavy atom. The molecule has 1 rings (SSSR count). The highest BCUT2D eigenvalue weighted by Gasteiger charge is 2.20. The molecule has 0 atom stereocenters. The van der Waals surface area contributed by atoms with Gasteiger partial charge in [-0.2, -0.15) is 0 Å². The van der Waals surface area contributed by atoms with Gasteiger partial charge in [0.15, 0.2) is 11.6 Å². The molecule has 114 valence electrons. The minimum Gasteiger partial charge on any atom is -0.492 e. The van der Waals surface area contributed by atoms with Gasteiger partial charge >= 0.3 is 0 Å². The van der Waals surface area contributed by atoms with E-state index in [1.54, 1.807) is 0 Å². The van der Waals surface area contributed by atoms with Crippen LogP contribution in [0.2, 0.25) is 0 Å². The molecule has 1 aromatic rings. The average molecular weight is 304 g/mol. The summed E-state index contributed by atoms with van der Waals surface area (Å²) in [6.07, 6.45) is 0.667. The molecule has 0 aliphatic heterocycles. The number of hydrogen-bond donors (Lipinski definition) is 2. The number of nitrogen functional groups attached to an aromatic ring is 1. The van der Waals surface area contributed by atoms with E-state index in [2.05, 4.69) is 4.72 Å². The van der Waals surface area contributed by atoms with Crippen LogP contribution in [0.25, 0.3) is 0 Å². The minimum atomic E-state index is -3.78. The topological polar surface area (TPSA) is 81.4 Å². The molecule has 3 N–H and O–H groups in total. The van der Waals surface area contributed by atoms with E-state index in [1.165, 1.54) is 13.2 Å². The number of methoxy groups -OCH3 is 1. The van der Waals surface area contributed by atoms with Crippen molar-refractivity contribution < 1.29 is 17.5 Å². The third kappa shape index (κ3) is 4.35. The van der Waals surface area contributed by atoms with Crippen LogP contribution in [0.5, 0.6) is 5.75 Å². The molecule has 0 spiro atoms. The molecule has 0 aromatic heterocycles. The molecule has 0 unspecified atom stereocenters. The Bertz CT molecular complexity index is 557. The van der Waals surface area contributed by atoms with Gasteiger partial charge in [-0.15, -0.1) is 0 Å². The fourth-order valence-electron chi connectivity index (χ4n) is 1.60. The van der Waals surface area contributed by atoms with Crippen LogP contribution in [0.3, 0.4) is 0 Å². The summed E-state index contributed by atoms with van der Waals surface area (Å²) in [5, 5.41) is 0. The Balaban J connectivity index is 2.94. The van der Waals surface area contributed by atoms with Crippen molar-refractivity contribution in [2.75, 3.05) is 19.4 Å². The van der Waals surface area contributed by atoms with E-state index in [9.17, 15) is 12.8 Å². The zero-order chi connectivity index (χ0) is 15.6. The van der Waals surface area contributed by atoms with Crippen LogP contribution < -0.4 is 15.2 Å². The maximum atomic E-state index is 13.7. The summed E-state index contributed by atoms with van der Waals surface area (Å²) >= 11 is 0. The van der Waals surface area contributed by atoms with Gasteiger partial charge in [-0.25, -0.2) is 17.5 Å². The van der Waals surface area contributed by atoms with Crippen LogP contribution in [0.1, 0.15) is 27.2 Å². The third-order valence-electron chi connectivity index (χ3n) is 2.73. The number of nitrogens with one attached hydrogen (secondary N) is 1. The lowest BCUT2D eigenvalue weighted by Gasteiger charge is -2.18. The van der Waals surface area contributed by atoms with E-state index in [4.69, 9.17) is 10.5 Å². The van der Waals surface area contributed by atoms with E-state index < -0.39 is 15.8 Å². The van der Waals surface area contributed by atoms with Gasteiger partial charge in [0.25, 0.3) is 0 Å². The normalized spacial score (nSPS) is 12.4. The summed E-state index contributed by atoms with van der Waals surface area (Å²) in [6.45, 7) is 6.30. The van der Waals surface area contributed by atoms with Gasteiger partial charge in [0.2, 0.25) is 10.0 Å². The molecule has 7 heteroatoms. The van der Waals surface area contributed by atoms with Gasteiger partial charge in [-0.05, 0) is 24.0 Å². The SMILES string of the molecule is COc1c(N)cc(S(=O)(=O)NCCC(C)(C)C)cc1F. The predicted molar refractivity (Wildman–Crippen MR) is 76.6 cm³/mol. The van der Waals surface area contributed by atoms with Gasteiger partial charge in [0, 0.05) is 6.54 Å². The minimum absolute atomic E-state index is 0.00665. The first-order chi connectivity index (χ1) is 9.07. The van der Waals surface area contributed by atoms with Gasteiger partial charge in [0.05, 0.1) is 17.7 Å². The molecule has 0 saturated heterocycles. The average Bonchev–Trinajstić information content (AvgIpc) is 2.26. The van der Waals surface area contributed by atoms with E-state index in [1.807, 2.05) is 20.8 Å². The fourth-order valence-corrected chi connectivity index (χ4v) is 2.68. The van der Waals surface area contributed by atoms with Crippen LogP contribution in [-0.2, 0) is 10.0 Å². The second-order valence-electron chi connectivity index (χ2n) is 5.74. The molecular formula is C13H21FN2O3S. The molecule has 0 aliphatic rings. The van der Waals surface area contributed by atoms with Crippen molar-refractivity contribution in [3.05, 3.63) is 17.9 Å². The number of rotatable bonds is 5. The van der Waals surface area contributed by atoms with Gasteiger partial charge in [0.1, 0.15) is 0 Å². The summed E-state index contributed by atoms with van der Waals surface area (Å²) < 4.78 is 44.9. The number of benzene rings is 1. The molecule has 0 aliphatic carbocycles. The zero-order valence-electron chi connectivity index (χ0n) is 12.2. The number of ether oxygens (including phenoxy) is 1. The number of anilines is 1. The fraction of sp³-hybridized carbons (Fsp3) is 0.538. The molecule has 0 bridgehead atoms. The summed E-state index contributed by atoms with van der Waals surface area (Å²) in [4.78, 5) is -0.206. The number of nitrogens with two attached hydrogens (primary N) is 1. The molecule has 0 radical (unpaired) electrons. The van der Waals surface area contributed by atoms with E-state index in [0.717, 1.165) is 6.07 Å². The van der Waals surface area contributed by atoms with Crippen LogP contribution in [-0.4, -0.2) is 22.1 Å². The molecule has 0 fully saturated rings. The van der Waals surface area contributed by atoms with E-state index >= 15 is 0 Å². The lowest BCUT2D eigenvalue weighted by atomic mass is 9.93. The van der Waals surface area contributed by atoms with Crippen LogP contribution >= 0.6 is 0 Å². The van der Waals surface area contributed by atoms with Crippen LogP contribution in [0.4, 0.5) is 10.1 Å². The molecule has 1 aromatic carbocycles. The first kappa shape index (κ1) is 16.7. The van der Waals surface area contributed by atoms with Crippen molar-refractivity contribution in [1.29, 1.82) is 0 Å². The van der Waals surface area contributed by atoms with Gasteiger partial charge in [-0.1, -0.05) is 20.8 Å². The number of halogens is 1. The summed E-state index contributed by atoms with van der Waals surface area (Å²) in [6, 6.07) is 2.08. The Morgan fingerprint density at radius 1 is 1.35 bits per heavy atom. The number of hydrogen-bond acceptors (Lipinski definition) is 4. The Hall–Kier alpha value is -1.34. The molecule has 0 saturated carbocycles. The van der Waals surface area contributed by atoms with E-state index in [-0.39, 0.29) is 28.3 Å². The quantitative estimate of drug-likeness (QED) is 0.817. The second kappa shape index (κ2) is 5.97. The smallest absolute Gasteiger partial charge is 0.240 e.